The first kappa shape index (κ1) is 20.3. The van der Waals surface area contributed by atoms with Crippen molar-refractivity contribution in [3.05, 3.63) is 33.5 Å². The van der Waals surface area contributed by atoms with Crippen molar-refractivity contribution in [2.45, 2.75) is 51.9 Å². The number of nitrogens with zero attached hydrogens (tertiary/aromatic N) is 5. The summed E-state index contributed by atoms with van der Waals surface area (Å²) in [7, 11) is 1.67. The van der Waals surface area contributed by atoms with Gasteiger partial charge in [-0.15, -0.1) is 11.3 Å². The Balaban J connectivity index is 1.29. The number of guanidine groups is 1. The number of hydrogen-bond donors (Lipinski definition) is 2. The number of fused-ring (bicyclic) bond motifs is 2. The molecule has 4 heterocycles. The van der Waals surface area contributed by atoms with Crippen molar-refractivity contribution in [1.29, 1.82) is 0 Å². The molecule has 0 radical (unpaired) electrons. The Kier molecular flexibility index (Phi) is 6.78. The van der Waals surface area contributed by atoms with Crippen LogP contribution in [-0.2, 0) is 37.3 Å². The summed E-state index contributed by atoms with van der Waals surface area (Å²) in [5.41, 5.74) is 1.49. The fourth-order valence-corrected chi connectivity index (χ4v) is 4.87. The average Bonchev–Trinajstić information content (AvgIpc) is 3.34. The summed E-state index contributed by atoms with van der Waals surface area (Å²) in [6.07, 6.45) is 3.12. The molecule has 4 rings (SSSR count). The van der Waals surface area contributed by atoms with Crippen molar-refractivity contribution in [2.24, 2.45) is 4.99 Å². The fourth-order valence-electron chi connectivity index (χ4n) is 3.98. The molecule has 2 aromatic rings. The van der Waals surface area contributed by atoms with Crippen molar-refractivity contribution in [3.63, 3.8) is 0 Å². The number of hydrogen-bond acceptors (Lipinski definition) is 6. The van der Waals surface area contributed by atoms with Crippen LogP contribution in [0.15, 0.2) is 16.4 Å². The number of thiophene rings is 1. The van der Waals surface area contributed by atoms with Crippen LogP contribution >= 0.6 is 11.3 Å². The third kappa shape index (κ3) is 5.15. The summed E-state index contributed by atoms with van der Waals surface area (Å²) in [6, 6.07) is 2.57. The molecule has 29 heavy (non-hydrogen) atoms. The summed E-state index contributed by atoms with van der Waals surface area (Å²) in [4.78, 5) is 13.4. The Bertz CT molecular complexity index is 831. The maximum absolute atomic E-state index is 5.15. The van der Waals surface area contributed by atoms with Crippen molar-refractivity contribution < 1.29 is 4.74 Å². The Hall–Kier alpha value is -1.97. The molecule has 0 aliphatic carbocycles. The van der Waals surface area contributed by atoms with E-state index in [1.54, 1.807) is 12.0 Å². The highest BCUT2D eigenvalue weighted by Gasteiger charge is 2.22. The molecule has 9 heteroatoms. The van der Waals surface area contributed by atoms with Crippen LogP contribution < -0.4 is 10.6 Å². The number of aliphatic imine (C=N–C) groups is 1. The number of rotatable bonds is 7. The summed E-state index contributed by atoms with van der Waals surface area (Å²) < 4.78 is 7.16. The zero-order valence-electron chi connectivity index (χ0n) is 17.4. The second-order valence-electron chi connectivity index (χ2n) is 7.60. The van der Waals surface area contributed by atoms with Gasteiger partial charge < -0.3 is 15.4 Å². The van der Waals surface area contributed by atoms with E-state index in [1.807, 2.05) is 16.0 Å². The van der Waals surface area contributed by atoms with Crippen LogP contribution in [0.4, 0.5) is 0 Å². The van der Waals surface area contributed by atoms with Gasteiger partial charge in [0, 0.05) is 50.6 Å². The largest absolute Gasteiger partial charge is 0.377 e. The molecule has 1 atom stereocenters. The number of methoxy groups -OCH3 is 1. The summed E-state index contributed by atoms with van der Waals surface area (Å²) in [6.45, 7) is 8.21. The minimum Gasteiger partial charge on any atom is -0.377 e. The van der Waals surface area contributed by atoms with Gasteiger partial charge in [-0.2, -0.15) is 5.10 Å². The lowest BCUT2D eigenvalue weighted by molar-refractivity contribution is 0.177. The van der Waals surface area contributed by atoms with E-state index < -0.39 is 0 Å². The van der Waals surface area contributed by atoms with Gasteiger partial charge in [-0.25, -0.2) is 9.67 Å². The van der Waals surface area contributed by atoms with E-state index >= 15 is 0 Å². The Morgan fingerprint density at radius 2 is 2.34 bits per heavy atom. The highest BCUT2D eigenvalue weighted by molar-refractivity contribution is 7.10. The average molecular weight is 418 g/mol. The number of aryl methyl sites for hydroxylation is 1. The molecule has 0 saturated heterocycles. The van der Waals surface area contributed by atoms with Gasteiger partial charge in [0.2, 0.25) is 0 Å². The van der Waals surface area contributed by atoms with Gasteiger partial charge >= 0.3 is 0 Å². The molecule has 0 aromatic carbocycles. The van der Waals surface area contributed by atoms with E-state index in [1.165, 1.54) is 12.0 Å². The number of nitrogens with one attached hydrogen (secondary N) is 2. The molecule has 0 bridgehead atoms. The number of ether oxygens (including phenoxy) is 1. The zero-order valence-corrected chi connectivity index (χ0v) is 18.2. The minimum absolute atomic E-state index is 0.306. The van der Waals surface area contributed by atoms with Gasteiger partial charge in [-0.05, 0) is 36.8 Å². The van der Waals surface area contributed by atoms with Crippen LogP contribution in [0.2, 0.25) is 0 Å². The molecule has 0 saturated carbocycles. The predicted octanol–water partition coefficient (Wildman–Crippen LogP) is 1.41. The third-order valence-corrected chi connectivity index (χ3v) is 6.46. The first-order valence-corrected chi connectivity index (χ1v) is 11.4. The van der Waals surface area contributed by atoms with Gasteiger partial charge in [0.1, 0.15) is 12.4 Å². The molecular weight excluding hydrogens is 386 g/mol. The molecular formula is C20H31N7OS. The molecule has 2 aliphatic rings. The van der Waals surface area contributed by atoms with Crippen LogP contribution in [-0.4, -0.2) is 65.0 Å². The van der Waals surface area contributed by atoms with Crippen molar-refractivity contribution in [3.8, 4) is 0 Å². The third-order valence-electron chi connectivity index (χ3n) is 5.43. The molecule has 1 unspecified atom stereocenters. The van der Waals surface area contributed by atoms with Crippen LogP contribution in [0.1, 0.15) is 35.4 Å². The van der Waals surface area contributed by atoms with E-state index in [9.17, 15) is 0 Å². The molecule has 2 N–H and O–H groups in total. The molecule has 0 fully saturated rings. The second kappa shape index (κ2) is 9.69. The topological polar surface area (TPSA) is 79.6 Å². The normalized spacial score (nSPS) is 19.7. The van der Waals surface area contributed by atoms with Crippen LogP contribution in [0.25, 0.3) is 0 Å². The highest BCUT2D eigenvalue weighted by atomic mass is 32.1. The van der Waals surface area contributed by atoms with Crippen LogP contribution in [0, 0.1) is 0 Å². The van der Waals surface area contributed by atoms with Crippen molar-refractivity contribution in [1.82, 2.24) is 30.3 Å². The first-order chi connectivity index (χ1) is 14.2. The minimum atomic E-state index is 0.306. The molecule has 8 nitrogen and oxygen atoms in total. The second-order valence-corrected chi connectivity index (χ2v) is 8.60. The lowest BCUT2D eigenvalue weighted by Crippen LogP contribution is -2.47. The van der Waals surface area contributed by atoms with Gasteiger partial charge in [-0.3, -0.25) is 9.89 Å². The van der Waals surface area contributed by atoms with E-state index in [-0.39, 0.29) is 0 Å². The standard InChI is InChI=1S/C20H31N7OS/c1-3-21-20(22-8-10-26-9-6-17-15(12-26)7-11-29-17)23-16-4-5-19-24-18(14-28-2)25-27(19)13-16/h7,11,16H,3-6,8-10,12-14H2,1-2H3,(H2,21,22,23). The maximum Gasteiger partial charge on any atom is 0.191 e. The fraction of sp³-hybridized carbons (Fsp3) is 0.650. The Morgan fingerprint density at radius 1 is 1.41 bits per heavy atom. The molecule has 0 amide bonds. The summed E-state index contributed by atoms with van der Waals surface area (Å²) in [5.74, 6) is 2.71. The Labute approximate surface area is 176 Å². The van der Waals surface area contributed by atoms with E-state index in [2.05, 4.69) is 44.0 Å². The van der Waals surface area contributed by atoms with Crippen LogP contribution in [0.3, 0.4) is 0 Å². The van der Waals surface area contributed by atoms with Crippen molar-refractivity contribution in [2.75, 3.05) is 33.3 Å². The van der Waals surface area contributed by atoms with E-state index in [0.29, 0.717) is 12.6 Å². The predicted molar refractivity (Wildman–Crippen MR) is 115 cm³/mol. The van der Waals surface area contributed by atoms with Gasteiger partial charge in [-0.1, -0.05) is 0 Å². The molecule has 158 valence electrons. The van der Waals surface area contributed by atoms with Crippen LogP contribution in [0.5, 0.6) is 0 Å². The van der Waals surface area contributed by atoms with Gasteiger partial charge in [0.15, 0.2) is 11.8 Å². The molecule has 0 spiro atoms. The van der Waals surface area contributed by atoms with E-state index in [0.717, 1.165) is 69.7 Å². The quantitative estimate of drug-likeness (QED) is 0.524. The zero-order chi connectivity index (χ0) is 20.1. The lowest BCUT2D eigenvalue weighted by Gasteiger charge is -2.27. The van der Waals surface area contributed by atoms with Gasteiger partial charge in [0.05, 0.1) is 13.1 Å². The highest BCUT2D eigenvalue weighted by Crippen LogP contribution is 2.23. The molecule has 2 aliphatic heterocycles. The summed E-state index contributed by atoms with van der Waals surface area (Å²) >= 11 is 1.89. The van der Waals surface area contributed by atoms with Crippen molar-refractivity contribution >= 4 is 17.3 Å². The first-order valence-electron chi connectivity index (χ1n) is 10.5. The Morgan fingerprint density at radius 3 is 3.21 bits per heavy atom. The lowest BCUT2D eigenvalue weighted by atomic mass is 10.1. The number of aromatic nitrogens is 3. The SMILES string of the molecule is CCNC(=NCCN1CCc2sccc2C1)NC1CCc2nc(COC)nn2C1. The smallest absolute Gasteiger partial charge is 0.191 e. The summed E-state index contributed by atoms with van der Waals surface area (Å²) in [5, 5.41) is 13.7. The maximum atomic E-state index is 5.15. The van der Waals surface area contributed by atoms with E-state index in [4.69, 9.17) is 9.73 Å². The van der Waals surface area contributed by atoms with Gasteiger partial charge in [0.25, 0.3) is 0 Å². The molecule has 2 aromatic heterocycles. The monoisotopic (exact) mass is 417 g/mol.